The molecule has 1 aliphatic heterocycles. The van der Waals surface area contributed by atoms with E-state index in [2.05, 4.69) is 36.8 Å². The van der Waals surface area contributed by atoms with Gasteiger partial charge in [-0.2, -0.15) is 0 Å². The zero-order chi connectivity index (χ0) is 21.6. The fourth-order valence-electron chi connectivity index (χ4n) is 3.61. The van der Waals surface area contributed by atoms with Gasteiger partial charge in [0.05, 0.1) is 21.8 Å². The van der Waals surface area contributed by atoms with Gasteiger partial charge in [-0.1, -0.05) is 51.2 Å². The van der Waals surface area contributed by atoms with E-state index in [1.807, 2.05) is 12.1 Å². The summed E-state index contributed by atoms with van der Waals surface area (Å²) in [7, 11) is 0. The molecule has 0 fully saturated rings. The van der Waals surface area contributed by atoms with Gasteiger partial charge in [-0.15, -0.1) is 0 Å². The topological polar surface area (TPSA) is 83.4 Å². The largest absolute Gasteiger partial charge is 0.503 e. The van der Waals surface area contributed by atoms with Crippen LogP contribution in [0.3, 0.4) is 0 Å². The van der Waals surface area contributed by atoms with Crippen molar-refractivity contribution >= 4 is 38.4 Å². The Labute approximate surface area is 178 Å². The number of aromatic nitrogens is 2. The molecule has 3 aromatic rings. The quantitative estimate of drug-likeness (QED) is 0.650. The SMILES string of the molecule is CCC(=O)C1=C(O)C(=O)N(c2nc3ccc(C(C)(C)C)cc3s2)C1c1cccnc1. The van der Waals surface area contributed by atoms with E-state index in [0.717, 1.165) is 10.2 Å². The summed E-state index contributed by atoms with van der Waals surface area (Å²) in [5.74, 6) is -1.39. The molecule has 3 heterocycles. The molecule has 7 heteroatoms. The number of Topliss-reactive ketones (excluding diaryl/α,β-unsaturated/α-hetero) is 1. The molecule has 0 radical (unpaired) electrons. The fraction of sp³-hybridized carbons (Fsp3) is 0.304. The van der Waals surface area contributed by atoms with Gasteiger partial charge in [0, 0.05) is 18.8 Å². The number of pyridine rings is 1. The van der Waals surface area contributed by atoms with Crippen LogP contribution in [0.15, 0.2) is 54.1 Å². The average molecular weight is 422 g/mol. The van der Waals surface area contributed by atoms with Crippen LogP contribution >= 0.6 is 11.3 Å². The number of aliphatic hydroxyl groups is 1. The van der Waals surface area contributed by atoms with E-state index >= 15 is 0 Å². The second kappa shape index (κ2) is 7.32. The molecular formula is C23H23N3O3S. The van der Waals surface area contributed by atoms with E-state index in [1.165, 1.54) is 21.8 Å². The zero-order valence-electron chi connectivity index (χ0n) is 17.3. The number of carbonyl (C=O) groups is 2. The van der Waals surface area contributed by atoms with Crippen LogP contribution in [0.1, 0.15) is 51.3 Å². The second-order valence-electron chi connectivity index (χ2n) is 8.33. The van der Waals surface area contributed by atoms with Crippen LogP contribution in [0.5, 0.6) is 0 Å². The average Bonchev–Trinajstić information content (AvgIpc) is 3.25. The molecule has 1 amide bonds. The number of anilines is 1. The number of ketones is 1. The van der Waals surface area contributed by atoms with Gasteiger partial charge in [0.25, 0.3) is 5.91 Å². The zero-order valence-corrected chi connectivity index (χ0v) is 18.2. The van der Waals surface area contributed by atoms with Gasteiger partial charge in [-0.3, -0.25) is 19.5 Å². The first kappa shape index (κ1) is 20.2. The number of benzene rings is 1. The molecule has 0 saturated carbocycles. The predicted octanol–water partition coefficient (Wildman–Crippen LogP) is 4.87. The number of amides is 1. The molecule has 154 valence electrons. The minimum atomic E-state index is -0.749. The molecule has 6 nitrogen and oxygen atoms in total. The lowest BCUT2D eigenvalue weighted by Gasteiger charge is -2.24. The Bertz CT molecular complexity index is 1180. The number of hydrogen-bond donors (Lipinski definition) is 1. The number of fused-ring (bicyclic) bond motifs is 1. The summed E-state index contributed by atoms with van der Waals surface area (Å²) in [5.41, 5.74) is 2.69. The van der Waals surface area contributed by atoms with Gasteiger partial charge in [0.15, 0.2) is 16.7 Å². The summed E-state index contributed by atoms with van der Waals surface area (Å²) in [6.07, 6.45) is 3.42. The Kier molecular flexibility index (Phi) is 4.94. The molecule has 1 aliphatic rings. The van der Waals surface area contributed by atoms with Gasteiger partial charge in [0.1, 0.15) is 0 Å². The first-order valence-corrected chi connectivity index (χ1v) is 10.6. The van der Waals surface area contributed by atoms with Gasteiger partial charge in [-0.05, 0) is 34.7 Å². The molecule has 1 N–H and O–H groups in total. The van der Waals surface area contributed by atoms with E-state index in [1.54, 1.807) is 31.5 Å². The molecule has 4 rings (SSSR count). The Morgan fingerprint density at radius 2 is 2.03 bits per heavy atom. The summed E-state index contributed by atoms with van der Waals surface area (Å²) in [6, 6.07) is 8.86. The first-order valence-electron chi connectivity index (χ1n) is 9.83. The van der Waals surface area contributed by atoms with Crippen LogP contribution in [0.2, 0.25) is 0 Å². The van der Waals surface area contributed by atoms with Crippen LogP contribution in [0.25, 0.3) is 10.2 Å². The highest BCUT2D eigenvalue weighted by Crippen LogP contribution is 2.43. The van der Waals surface area contributed by atoms with Gasteiger partial charge < -0.3 is 5.11 Å². The standard InChI is InChI=1S/C23H23N3O3S/c1-5-16(27)18-19(13-7-6-10-24-12-13)26(21(29)20(18)28)22-25-15-9-8-14(23(2,3)4)11-17(15)30-22/h6-12,19,28H,5H2,1-4H3. The van der Waals surface area contributed by atoms with Crippen LogP contribution in [0.4, 0.5) is 5.13 Å². The van der Waals surface area contributed by atoms with Crippen LogP contribution in [-0.4, -0.2) is 26.8 Å². The smallest absolute Gasteiger partial charge is 0.296 e. The number of nitrogens with zero attached hydrogens (tertiary/aromatic N) is 3. The van der Waals surface area contributed by atoms with Gasteiger partial charge in [0.2, 0.25) is 0 Å². The maximum atomic E-state index is 13.0. The van der Waals surface area contributed by atoms with E-state index in [0.29, 0.717) is 10.7 Å². The summed E-state index contributed by atoms with van der Waals surface area (Å²) < 4.78 is 0.949. The van der Waals surface area contributed by atoms with Crippen molar-refractivity contribution in [3.63, 3.8) is 0 Å². The lowest BCUT2D eigenvalue weighted by Crippen LogP contribution is -2.30. The van der Waals surface area contributed by atoms with Crippen molar-refractivity contribution in [3.8, 4) is 0 Å². The van der Waals surface area contributed by atoms with Crippen LogP contribution in [0, 0.1) is 0 Å². The number of hydrogen-bond acceptors (Lipinski definition) is 6. The molecule has 2 aromatic heterocycles. The molecule has 0 saturated heterocycles. The predicted molar refractivity (Wildman–Crippen MR) is 118 cm³/mol. The van der Waals surface area contributed by atoms with Gasteiger partial charge in [-0.25, -0.2) is 4.98 Å². The molecule has 1 atom stereocenters. The third-order valence-corrected chi connectivity index (χ3v) is 6.30. The molecule has 30 heavy (non-hydrogen) atoms. The van der Waals surface area contributed by atoms with Crippen LogP contribution in [-0.2, 0) is 15.0 Å². The summed E-state index contributed by atoms with van der Waals surface area (Å²) >= 11 is 1.37. The molecule has 1 aromatic carbocycles. The van der Waals surface area contributed by atoms with Crippen LogP contribution < -0.4 is 4.90 Å². The Morgan fingerprint density at radius 3 is 2.67 bits per heavy atom. The van der Waals surface area contributed by atoms with Crippen molar-refractivity contribution in [2.75, 3.05) is 4.90 Å². The Hall–Kier alpha value is -3.06. The fourth-order valence-corrected chi connectivity index (χ4v) is 4.64. The lowest BCUT2D eigenvalue weighted by molar-refractivity contribution is -0.118. The molecular weight excluding hydrogens is 398 g/mol. The number of carbonyl (C=O) groups excluding carboxylic acids is 2. The molecule has 0 bridgehead atoms. The minimum Gasteiger partial charge on any atom is -0.503 e. The number of thiazole rings is 1. The van der Waals surface area contributed by atoms with Crippen molar-refractivity contribution in [1.82, 2.24) is 9.97 Å². The van der Waals surface area contributed by atoms with E-state index in [9.17, 15) is 14.7 Å². The molecule has 0 spiro atoms. The minimum absolute atomic E-state index is 0.0133. The van der Waals surface area contributed by atoms with E-state index < -0.39 is 17.7 Å². The summed E-state index contributed by atoms with van der Waals surface area (Å²) in [6.45, 7) is 8.14. The maximum Gasteiger partial charge on any atom is 0.296 e. The Morgan fingerprint density at radius 1 is 1.27 bits per heavy atom. The van der Waals surface area contributed by atoms with Crippen molar-refractivity contribution in [2.45, 2.75) is 45.6 Å². The van der Waals surface area contributed by atoms with Crippen molar-refractivity contribution in [1.29, 1.82) is 0 Å². The highest BCUT2D eigenvalue weighted by atomic mass is 32.1. The van der Waals surface area contributed by atoms with Crippen molar-refractivity contribution in [3.05, 3.63) is 65.2 Å². The van der Waals surface area contributed by atoms with Gasteiger partial charge >= 0.3 is 0 Å². The molecule has 0 aliphatic carbocycles. The highest BCUT2D eigenvalue weighted by molar-refractivity contribution is 7.22. The third kappa shape index (κ3) is 3.29. The second-order valence-corrected chi connectivity index (χ2v) is 9.34. The van der Waals surface area contributed by atoms with E-state index in [4.69, 9.17) is 0 Å². The van der Waals surface area contributed by atoms with E-state index in [-0.39, 0.29) is 23.2 Å². The number of aliphatic hydroxyl groups excluding tert-OH is 1. The normalized spacial score (nSPS) is 17.3. The molecule has 1 unspecified atom stereocenters. The van der Waals surface area contributed by atoms with Crippen molar-refractivity contribution < 1.29 is 14.7 Å². The van der Waals surface area contributed by atoms with Crippen molar-refractivity contribution in [2.24, 2.45) is 0 Å². The summed E-state index contributed by atoms with van der Waals surface area (Å²) in [5, 5.41) is 11.0. The third-order valence-electron chi connectivity index (χ3n) is 5.28. The Balaban J connectivity index is 1.86. The number of rotatable bonds is 4. The summed E-state index contributed by atoms with van der Waals surface area (Å²) in [4.78, 5) is 35.9. The first-order chi connectivity index (χ1) is 14.2. The highest BCUT2D eigenvalue weighted by Gasteiger charge is 2.45. The monoisotopic (exact) mass is 421 g/mol. The lowest BCUT2D eigenvalue weighted by atomic mass is 9.87. The maximum absolute atomic E-state index is 13.0.